The van der Waals surface area contributed by atoms with Crippen LogP contribution >= 0.6 is 11.6 Å². The molecular weight excluding hydrogens is 366 g/mol. The van der Waals surface area contributed by atoms with Crippen LogP contribution in [-0.2, 0) is 12.0 Å². The quantitative estimate of drug-likeness (QED) is 0.541. The largest absolute Gasteiger partial charge is 0.385 e. The number of aliphatic hydroxyl groups is 1. The average Bonchev–Trinajstić information content (AvgIpc) is 2.70. The van der Waals surface area contributed by atoms with Gasteiger partial charge in [0.1, 0.15) is 0 Å². The van der Waals surface area contributed by atoms with Crippen LogP contribution in [0.25, 0.3) is 0 Å². The molecule has 0 spiro atoms. The molecular formula is C25H34ClNO. The highest BCUT2D eigenvalue weighted by atomic mass is 35.5. The number of hydrogen-bond acceptors (Lipinski definition) is 2. The lowest BCUT2D eigenvalue weighted by atomic mass is 9.84. The van der Waals surface area contributed by atoms with E-state index in [-0.39, 0.29) is 0 Å². The minimum absolute atomic E-state index is 0.713. The minimum Gasteiger partial charge on any atom is -0.385 e. The monoisotopic (exact) mass is 399 g/mol. The third-order valence-electron chi connectivity index (χ3n) is 6.22. The van der Waals surface area contributed by atoms with Crippen LogP contribution in [0.1, 0.15) is 63.5 Å². The number of aryl methyl sites for hydroxylation is 1. The second-order valence-electron chi connectivity index (χ2n) is 8.48. The number of anilines is 1. The first-order chi connectivity index (χ1) is 13.5. The number of piperidine rings is 1. The van der Waals surface area contributed by atoms with Crippen molar-refractivity contribution in [3.63, 3.8) is 0 Å². The summed E-state index contributed by atoms with van der Waals surface area (Å²) in [5, 5.41) is 11.8. The summed E-state index contributed by atoms with van der Waals surface area (Å²) in [7, 11) is 0. The molecule has 0 aliphatic carbocycles. The molecule has 1 unspecified atom stereocenters. The van der Waals surface area contributed by atoms with Gasteiger partial charge in [-0.05, 0) is 67.0 Å². The van der Waals surface area contributed by atoms with E-state index in [9.17, 15) is 5.11 Å². The van der Waals surface area contributed by atoms with Gasteiger partial charge in [0.05, 0.1) is 5.60 Å². The maximum atomic E-state index is 11.1. The zero-order valence-corrected chi connectivity index (χ0v) is 18.1. The number of nitrogens with zero attached hydrogens (tertiary/aromatic N) is 1. The van der Waals surface area contributed by atoms with E-state index in [0.717, 1.165) is 37.4 Å². The van der Waals surface area contributed by atoms with Crippen molar-refractivity contribution in [2.75, 3.05) is 18.0 Å². The number of hydrogen-bond donors (Lipinski definition) is 1. The second kappa shape index (κ2) is 9.80. The maximum absolute atomic E-state index is 11.1. The van der Waals surface area contributed by atoms with Gasteiger partial charge in [0.25, 0.3) is 0 Å². The zero-order chi connectivity index (χ0) is 20.0. The van der Waals surface area contributed by atoms with Crippen molar-refractivity contribution in [2.24, 2.45) is 5.92 Å². The summed E-state index contributed by atoms with van der Waals surface area (Å²) in [6, 6.07) is 16.7. The molecule has 0 bridgehead atoms. The molecule has 2 nitrogen and oxygen atoms in total. The number of rotatable bonds is 8. The van der Waals surface area contributed by atoms with Gasteiger partial charge in [-0.1, -0.05) is 69.0 Å². The smallest absolute Gasteiger partial charge is 0.0930 e. The molecule has 3 rings (SSSR count). The van der Waals surface area contributed by atoms with Crippen LogP contribution < -0.4 is 4.90 Å². The van der Waals surface area contributed by atoms with Crippen molar-refractivity contribution in [1.82, 2.24) is 0 Å². The van der Waals surface area contributed by atoms with Crippen LogP contribution in [0.3, 0.4) is 0 Å². The van der Waals surface area contributed by atoms with Crippen LogP contribution in [0, 0.1) is 5.92 Å². The van der Waals surface area contributed by atoms with Gasteiger partial charge < -0.3 is 10.0 Å². The molecule has 2 aromatic rings. The normalized spacial score (nSPS) is 17.5. The molecule has 0 aromatic heterocycles. The highest BCUT2D eigenvalue weighted by molar-refractivity contribution is 6.30. The molecule has 28 heavy (non-hydrogen) atoms. The molecule has 0 saturated carbocycles. The summed E-state index contributed by atoms with van der Waals surface area (Å²) in [6.45, 7) is 6.38. The molecule has 1 atom stereocenters. The summed E-state index contributed by atoms with van der Waals surface area (Å²) in [5.74, 6) is 0.844. The third-order valence-corrected chi connectivity index (χ3v) is 6.47. The lowest BCUT2D eigenvalue weighted by Crippen LogP contribution is -2.42. The number of benzene rings is 2. The first-order valence-electron chi connectivity index (χ1n) is 10.8. The fourth-order valence-electron chi connectivity index (χ4n) is 4.35. The van der Waals surface area contributed by atoms with E-state index in [1.54, 1.807) is 0 Å². The molecule has 1 N–H and O–H groups in total. The van der Waals surface area contributed by atoms with E-state index in [1.807, 2.05) is 24.3 Å². The summed E-state index contributed by atoms with van der Waals surface area (Å²) in [6.07, 6.45) is 7.89. The Morgan fingerprint density at radius 3 is 2.25 bits per heavy atom. The van der Waals surface area contributed by atoms with Crippen molar-refractivity contribution in [1.29, 1.82) is 0 Å². The predicted octanol–water partition coefficient (Wildman–Crippen LogP) is 6.59. The van der Waals surface area contributed by atoms with Gasteiger partial charge in [0.15, 0.2) is 0 Å². The maximum Gasteiger partial charge on any atom is 0.0930 e. The minimum atomic E-state index is -0.740. The Labute approximate surface area is 175 Å². The lowest BCUT2D eigenvalue weighted by Gasteiger charge is -2.39. The zero-order valence-electron chi connectivity index (χ0n) is 17.3. The topological polar surface area (TPSA) is 23.5 Å². The van der Waals surface area contributed by atoms with Crippen molar-refractivity contribution in [2.45, 2.75) is 64.4 Å². The Morgan fingerprint density at radius 1 is 1.00 bits per heavy atom. The first kappa shape index (κ1) is 21.2. The van der Waals surface area contributed by atoms with Gasteiger partial charge in [-0.3, -0.25) is 0 Å². The molecule has 1 aliphatic heterocycles. The van der Waals surface area contributed by atoms with Crippen LogP contribution in [0.15, 0.2) is 48.5 Å². The van der Waals surface area contributed by atoms with E-state index >= 15 is 0 Å². The van der Waals surface area contributed by atoms with Gasteiger partial charge >= 0.3 is 0 Å². The number of halogens is 1. The van der Waals surface area contributed by atoms with E-state index in [2.05, 4.69) is 43.0 Å². The Balaban J connectivity index is 1.51. The van der Waals surface area contributed by atoms with Crippen LogP contribution in [-0.4, -0.2) is 18.2 Å². The van der Waals surface area contributed by atoms with Crippen molar-refractivity contribution in [3.05, 3.63) is 64.7 Å². The van der Waals surface area contributed by atoms with Gasteiger partial charge in [-0.2, -0.15) is 0 Å². The average molecular weight is 400 g/mol. The Hall–Kier alpha value is -1.51. The fraction of sp³-hybridized carbons (Fsp3) is 0.520. The summed E-state index contributed by atoms with van der Waals surface area (Å²) >= 11 is 5.98. The van der Waals surface area contributed by atoms with E-state index in [1.165, 1.54) is 43.4 Å². The van der Waals surface area contributed by atoms with Crippen LogP contribution in [0.5, 0.6) is 0 Å². The standard InChI is InChI=1S/C25H34ClNO/c1-3-5-20(2)6-4-7-21-8-14-24(15-9-21)27-18-16-25(28,17-19-27)22-10-12-23(26)13-11-22/h8-15,20,28H,3-7,16-19H2,1-2H3. The highest BCUT2D eigenvalue weighted by Crippen LogP contribution is 2.35. The van der Waals surface area contributed by atoms with Crippen molar-refractivity contribution >= 4 is 17.3 Å². The molecule has 0 radical (unpaired) electrons. The Kier molecular flexibility index (Phi) is 7.42. The predicted molar refractivity (Wildman–Crippen MR) is 120 cm³/mol. The highest BCUT2D eigenvalue weighted by Gasteiger charge is 2.33. The summed E-state index contributed by atoms with van der Waals surface area (Å²) < 4.78 is 0. The molecule has 1 heterocycles. The van der Waals surface area contributed by atoms with Gasteiger partial charge in [0.2, 0.25) is 0 Å². The molecule has 0 amide bonds. The van der Waals surface area contributed by atoms with E-state index in [4.69, 9.17) is 11.6 Å². The molecule has 1 saturated heterocycles. The second-order valence-corrected chi connectivity index (χ2v) is 8.91. The van der Waals surface area contributed by atoms with Gasteiger partial charge in [-0.15, -0.1) is 0 Å². The van der Waals surface area contributed by atoms with Crippen LogP contribution in [0.4, 0.5) is 5.69 Å². The summed E-state index contributed by atoms with van der Waals surface area (Å²) in [4.78, 5) is 2.39. The van der Waals surface area contributed by atoms with E-state index < -0.39 is 5.60 Å². The van der Waals surface area contributed by atoms with Crippen LogP contribution in [0.2, 0.25) is 5.02 Å². The molecule has 152 valence electrons. The Bertz CT molecular complexity index is 717. The third kappa shape index (κ3) is 5.52. The molecule has 1 aliphatic rings. The van der Waals surface area contributed by atoms with Crippen molar-refractivity contribution in [3.8, 4) is 0 Å². The SMILES string of the molecule is CCCC(C)CCCc1ccc(N2CCC(O)(c3ccc(Cl)cc3)CC2)cc1. The Morgan fingerprint density at radius 2 is 1.64 bits per heavy atom. The summed E-state index contributed by atoms with van der Waals surface area (Å²) in [5.41, 5.74) is 2.93. The van der Waals surface area contributed by atoms with Crippen molar-refractivity contribution < 1.29 is 5.11 Å². The first-order valence-corrected chi connectivity index (χ1v) is 11.2. The van der Waals surface area contributed by atoms with Gasteiger partial charge in [0, 0.05) is 23.8 Å². The molecule has 3 heteroatoms. The molecule has 2 aromatic carbocycles. The van der Waals surface area contributed by atoms with Gasteiger partial charge in [-0.25, -0.2) is 0 Å². The fourth-order valence-corrected chi connectivity index (χ4v) is 4.47. The lowest BCUT2D eigenvalue weighted by molar-refractivity contribution is 0.0118. The van der Waals surface area contributed by atoms with E-state index in [0.29, 0.717) is 5.02 Å². The molecule has 1 fully saturated rings.